The van der Waals surface area contributed by atoms with E-state index in [0.717, 1.165) is 13.1 Å². The zero-order valence-electron chi connectivity index (χ0n) is 6.99. The van der Waals surface area contributed by atoms with Crippen LogP contribution < -0.4 is 5.32 Å². The number of nitrogens with zero attached hydrogens (tertiary/aromatic N) is 1. The van der Waals surface area contributed by atoms with Gasteiger partial charge in [0.1, 0.15) is 0 Å². The number of aliphatic carboxylic acids is 1. The van der Waals surface area contributed by atoms with E-state index >= 15 is 0 Å². The number of carboxylic acids is 1. The highest BCUT2D eigenvalue weighted by atomic mass is 16.4. The molecule has 1 saturated heterocycles. The molecule has 0 saturated carbocycles. The molecule has 0 aromatic heterocycles. The Balaban J connectivity index is 2.11. The molecule has 2 heterocycles. The maximum atomic E-state index is 11.3. The van der Waals surface area contributed by atoms with Gasteiger partial charge in [0.25, 0.3) is 0 Å². The van der Waals surface area contributed by atoms with Crippen molar-refractivity contribution in [1.29, 1.82) is 0 Å². The molecule has 5 nitrogen and oxygen atoms in total. The third-order valence-corrected chi connectivity index (χ3v) is 2.35. The predicted octanol–water partition coefficient (Wildman–Crippen LogP) is -0.841. The average molecular weight is 182 g/mol. The molecule has 0 atom stereocenters. The molecule has 1 amide bonds. The van der Waals surface area contributed by atoms with Crippen molar-refractivity contribution in [3.8, 4) is 0 Å². The fraction of sp³-hybridized carbons (Fsp3) is 0.500. The van der Waals surface area contributed by atoms with Crippen LogP contribution in [0.15, 0.2) is 11.8 Å². The fourth-order valence-electron chi connectivity index (χ4n) is 1.45. The van der Waals surface area contributed by atoms with Crippen LogP contribution in [0.5, 0.6) is 0 Å². The number of hydrogen-bond acceptors (Lipinski definition) is 3. The van der Waals surface area contributed by atoms with Crippen molar-refractivity contribution in [3.63, 3.8) is 0 Å². The Morgan fingerprint density at radius 2 is 2.31 bits per heavy atom. The Morgan fingerprint density at radius 1 is 1.62 bits per heavy atom. The van der Waals surface area contributed by atoms with Gasteiger partial charge in [-0.3, -0.25) is 4.79 Å². The summed E-state index contributed by atoms with van der Waals surface area (Å²) >= 11 is 0. The first-order valence-electron chi connectivity index (χ1n) is 4.14. The number of hydrogen-bond donors (Lipinski definition) is 2. The molecule has 5 heteroatoms. The third kappa shape index (κ3) is 1.31. The monoisotopic (exact) mass is 182 g/mol. The summed E-state index contributed by atoms with van der Waals surface area (Å²) in [4.78, 5) is 23.4. The molecule has 0 bridgehead atoms. The fourth-order valence-corrected chi connectivity index (χ4v) is 1.45. The molecule has 0 spiro atoms. The molecule has 0 unspecified atom stereocenters. The second kappa shape index (κ2) is 2.85. The van der Waals surface area contributed by atoms with E-state index in [2.05, 4.69) is 5.32 Å². The SMILES string of the molecule is O=C(O)C1=CN(C2CNC2)C(=O)C1. The minimum atomic E-state index is -0.997. The van der Waals surface area contributed by atoms with Crippen LogP contribution in [0, 0.1) is 0 Å². The van der Waals surface area contributed by atoms with Crippen LogP contribution in [-0.4, -0.2) is 41.0 Å². The van der Waals surface area contributed by atoms with E-state index in [4.69, 9.17) is 5.11 Å². The van der Waals surface area contributed by atoms with E-state index in [-0.39, 0.29) is 23.9 Å². The third-order valence-electron chi connectivity index (χ3n) is 2.35. The molecule has 2 aliphatic heterocycles. The van der Waals surface area contributed by atoms with Crippen LogP contribution in [-0.2, 0) is 9.59 Å². The lowest BCUT2D eigenvalue weighted by atomic mass is 10.1. The van der Waals surface area contributed by atoms with Gasteiger partial charge in [-0.2, -0.15) is 0 Å². The predicted molar refractivity (Wildman–Crippen MR) is 43.8 cm³/mol. The second-order valence-electron chi connectivity index (χ2n) is 3.25. The quantitative estimate of drug-likeness (QED) is 0.584. The van der Waals surface area contributed by atoms with Gasteiger partial charge < -0.3 is 15.3 Å². The molecule has 0 radical (unpaired) electrons. The van der Waals surface area contributed by atoms with Crippen LogP contribution in [0.4, 0.5) is 0 Å². The highest BCUT2D eigenvalue weighted by molar-refractivity contribution is 5.97. The summed E-state index contributed by atoms with van der Waals surface area (Å²) < 4.78 is 0. The Hall–Kier alpha value is -1.36. The average Bonchev–Trinajstić information content (AvgIpc) is 2.29. The zero-order valence-corrected chi connectivity index (χ0v) is 6.99. The van der Waals surface area contributed by atoms with Gasteiger partial charge in [0.05, 0.1) is 18.0 Å². The van der Waals surface area contributed by atoms with Gasteiger partial charge >= 0.3 is 5.97 Å². The molecule has 2 rings (SSSR count). The van der Waals surface area contributed by atoms with Crippen LogP contribution in [0.2, 0.25) is 0 Å². The zero-order chi connectivity index (χ0) is 9.42. The first kappa shape index (κ1) is 8.25. The molecule has 0 aromatic carbocycles. The van der Waals surface area contributed by atoms with E-state index in [1.807, 2.05) is 0 Å². The molecule has 2 aliphatic rings. The standard InChI is InChI=1S/C8H10N2O3/c11-7-1-5(8(12)13)4-10(7)6-2-9-3-6/h4,6,9H,1-3H2,(H,12,13). The molecule has 1 fully saturated rings. The summed E-state index contributed by atoms with van der Waals surface area (Å²) in [5.74, 6) is -1.10. The molecule has 0 aromatic rings. The summed E-state index contributed by atoms with van der Waals surface area (Å²) in [6, 6.07) is 0.157. The lowest BCUT2D eigenvalue weighted by Gasteiger charge is -2.34. The van der Waals surface area contributed by atoms with Crippen molar-refractivity contribution in [2.24, 2.45) is 0 Å². The van der Waals surface area contributed by atoms with E-state index in [1.165, 1.54) is 11.1 Å². The second-order valence-corrected chi connectivity index (χ2v) is 3.25. The van der Waals surface area contributed by atoms with Gasteiger partial charge in [0, 0.05) is 19.3 Å². The van der Waals surface area contributed by atoms with Gasteiger partial charge in [0.2, 0.25) is 5.91 Å². The summed E-state index contributed by atoms with van der Waals surface area (Å²) in [5.41, 5.74) is 0.192. The molecule has 0 aliphatic carbocycles. The Bertz CT molecular complexity index is 294. The first-order valence-corrected chi connectivity index (χ1v) is 4.14. The molecule has 70 valence electrons. The van der Waals surface area contributed by atoms with Gasteiger partial charge in [-0.05, 0) is 0 Å². The lowest BCUT2D eigenvalue weighted by molar-refractivity contribution is -0.134. The van der Waals surface area contributed by atoms with E-state index < -0.39 is 5.97 Å². The van der Waals surface area contributed by atoms with Crippen LogP contribution in [0.3, 0.4) is 0 Å². The van der Waals surface area contributed by atoms with Crippen molar-refractivity contribution in [1.82, 2.24) is 10.2 Å². The summed E-state index contributed by atoms with van der Waals surface area (Å²) in [6.07, 6.45) is 1.49. The first-order chi connectivity index (χ1) is 6.18. The summed E-state index contributed by atoms with van der Waals surface area (Å²) in [5, 5.41) is 11.7. The van der Waals surface area contributed by atoms with Crippen LogP contribution in [0.1, 0.15) is 6.42 Å². The van der Waals surface area contributed by atoms with Gasteiger partial charge in [-0.15, -0.1) is 0 Å². The number of rotatable bonds is 2. The number of amides is 1. The Labute approximate surface area is 75.0 Å². The molecular weight excluding hydrogens is 172 g/mol. The van der Waals surface area contributed by atoms with Crippen molar-refractivity contribution in [2.45, 2.75) is 12.5 Å². The number of carboxylic acid groups (broad SMARTS) is 1. The molecule has 2 N–H and O–H groups in total. The maximum absolute atomic E-state index is 11.3. The largest absolute Gasteiger partial charge is 0.478 e. The molecular formula is C8H10N2O3. The van der Waals surface area contributed by atoms with Crippen molar-refractivity contribution in [3.05, 3.63) is 11.8 Å². The minimum absolute atomic E-state index is 0.0336. The van der Waals surface area contributed by atoms with E-state index in [9.17, 15) is 9.59 Å². The normalized spacial score (nSPS) is 22.9. The number of carbonyl (C=O) groups excluding carboxylic acids is 1. The molecule has 13 heavy (non-hydrogen) atoms. The van der Waals surface area contributed by atoms with Crippen molar-refractivity contribution in [2.75, 3.05) is 13.1 Å². The van der Waals surface area contributed by atoms with Crippen LogP contribution in [0.25, 0.3) is 0 Å². The highest BCUT2D eigenvalue weighted by Crippen LogP contribution is 2.20. The van der Waals surface area contributed by atoms with Gasteiger partial charge in [-0.25, -0.2) is 4.79 Å². The van der Waals surface area contributed by atoms with Crippen molar-refractivity contribution < 1.29 is 14.7 Å². The van der Waals surface area contributed by atoms with E-state index in [0.29, 0.717) is 0 Å². The minimum Gasteiger partial charge on any atom is -0.478 e. The number of carbonyl (C=O) groups is 2. The summed E-state index contributed by atoms with van der Waals surface area (Å²) in [7, 11) is 0. The Morgan fingerprint density at radius 3 is 2.69 bits per heavy atom. The number of nitrogens with one attached hydrogen (secondary N) is 1. The van der Waals surface area contributed by atoms with Crippen LogP contribution >= 0.6 is 0 Å². The summed E-state index contributed by atoms with van der Waals surface area (Å²) in [6.45, 7) is 1.52. The smallest absolute Gasteiger partial charge is 0.333 e. The van der Waals surface area contributed by atoms with Crippen molar-refractivity contribution >= 4 is 11.9 Å². The maximum Gasteiger partial charge on any atom is 0.333 e. The topological polar surface area (TPSA) is 69.6 Å². The Kier molecular flexibility index (Phi) is 1.81. The highest BCUT2D eigenvalue weighted by Gasteiger charge is 2.33. The lowest BCUT2D eigenvalue weighted by Crippen LogP contribution is -2.56. The van der Waals surface area contributed by atoms with E-state index in [1.54, 1.807) is 0 Å². The van der Waals surface area contributed by atoms with Gasteiger partial charge in [-0.1, -0.05) is 0 Å². The van der Waals surface area contributed by atoms with Gasteiger partial charge in [0.15, 0.2) is 0 Å².